The quantitative estimate of drug-likeness (QED) is 0.807. The number of amides is 1. The third kappa shape index (κ3) is 5.16. The van der Waals surface area contributed by atoms with Gasteiger partial charge in [-0.15, -0.1) is 0 Å². The summed E-state index contributed by atoms with van der Waals surface area (Å²) >= 11 is 0. The van der Waals surface area contributed by atoms with Gasteiger partial charge in [0.2, 0.25) is 0 Å². The highest BCUT2D eigenvalue weighted by Gasteiger charge is 2.27. The number of hydrogen-bond donors (Lipinski definition) is 2. The minimum Gasteiger partial charge on any atom is -0.482 e. The second-order valence-electron chi connectivity index (χ2n) is 3.54. The summed E-state index contributed by atoms with van der Waals surface area (Å²) in [6.45, 7) is -2.01. The molecule has 0 fully saturated rings. The number of nitrogens with zero attached hydrogens (tertiary/aromatic N) is 1. The lowest BCUT2D eigenvalue weighted by molar-refractivity contribution is -0.139. The van der Waals surface area contributed by atoms with Crippen LogP contribution >= 0.6 is 0 Å². The molecule has 0 saturated carbocycles. The molecule has 102 valence electrons. The summed E-state index contributed by atoms with van der Waals surface area (Å²) in [5.41, 5.74) is 5.98. The SMILES string of the molecule is N#Cc1ccc(OCC(=O)NCC(F)(F)F)c(N)c1. The van der Waals surface area contributed by atoms with Gasteiger partial charge in [0.15, 0.2) is 6.61 Å². The molecular weight excluding hydrogens is 263 g/mol. The van der Waals surface area contributed by atoms with Crippen LogP contribution in [0.15, 0.2) is 18.2 Å². The Morgan fingerprint density at radius 2 is 2.16 bits per heavy atom. The van der Waals surface area contributed by atoms with Gasteiger partial charge in [-0.2, -0.15) is 18.4 Å². The molecule has 1 rings (SSSR count). The molecule has 5 nitrogen and oxygen atoms in total. The van der Waals surface area contributed by atoms with E-state index >= 15 is 0 Å². The van der Waals surface area contributed by atoms with Gasteiger partial charge in [-0.05, 0) is 18.2 Å². The molecule has 0 aliphatic carbocycles. The number of carbonyl (C=O) groups excluding carboxylic acids is 1. The maximum Gasteiger partial charge on any atom is 0.405 e. The van der Waals surface area contributed by atoms with E-state index in [1.807, 2.05) is 6.07 Å². The van der Waals surface area contributed by atoms with Crippen LogP contribution in [-0.2, 0) is 4.79 Å². The van der Waals surface area contributed by atoms with E-state index < -0.39 is 25.2 Å². The number of nitrogens with one attached hydrogen (secondary N) is 1. The van der Waals surface area contributed by atoms with Crippen LogP contribution in [0, 0.1) is 11.3 Å². The van der Waals surface area contributed by atoms with Crippen LogP contribution < -0.4 is 15.8 Å². The number of alkyl halides is 3. The molecule has 0 unspecified atom stereocenters. The van der Waals surface area contributed by atoms with E-state index in [1.54, 1.807) is 5.32 Å². The molecule has 0 aliphatic rings. The Morgan fingerprint density at radius 1 is 1.47 bits per heavy atom. The Hall–Kier alpha value is -2.43. The van der Waals surface area contributed by atoms with Crippen molar-refractivity contribution in [1.29, 1.82) is 5.26 Å². The van der Waals surface area contributed by atoms with Crippen molar-refractivity contribution in [1.82, 2.24) is 5.32 Å². The molecule has 0 heterocycles. The highest BCUT2D eigenvalue weighted by Crippen LogP contribution is 2.22. The average molecular weight is 273 g/mol. The van der Waals surface area contributed by atoms with Gasteiger partial charge in [0.05, 0.1) is 17.3 Å². The average Bonchev–Trinajstić information content (AvgIpc) is 2.34. The van der Waals surface area contributed by atoms with E-state index in [0.29, 0.717) is 5.56 Å². The topological polar surface area (TPSA) is 88.1 Å². The maximum atomic E-state index is 11.8. The summed E-state index contributed by atoms with van der Waals surface area (Å²) in [6.07, 6.45) is -4.47. The van der Waals surface area contributed by atoms with Crippen LogP contribution in [-0.4, -0.2) is 25.2 Å². The van der Waals surface area contributed by atoms with Gasteiger partial charge in [0.1, 0.15) is 12.3 Å². The van der Waals surface area contributed by atoms with E-state index in [4.69, 9.17) is 15.7 Å². The van der Waals surface area contributed by atoms with Gasteiger partial charge in [-0.3, -0.25) is 4.79 Å². The molecule has 1 amide bonds. The van der Waals surface area contributed by atoms with Gasteiger partial charge < -0.3 is 15.8 Å². The first-order chi connectivity index (χ1) is 8.81. The molecule has 0 aromatic heterocycles. The van der Waals surface area contributed by atoms with Crippen LogP contribution in [0.3, 0.4) is 0 Å². The lowest BCUT2D eigenvalue weighted by atomic mass is 10.2. The maximum absolute atomic E-state index is 11.8. The molecule has 1 aromatic carbocycles. The first kappa shape index (κ1) is 14.6. The normalized spacial score (nSPS) is 10.6. The Kier molecular flexibility index (Phi) is 4.58. The summed E-state index contributed by atoms with van der Waals surface area (Å²) in [6, 6.07) is 5.98. The minimum atomic E-state index is -4.47. The van der Waals surface area contributed by atoms with Crippen molar-refractivity contribution in [2.75, 3.05) is 18.9 Å². The summed E-state index contributed by atoms with van der Waals surface area (Å²) in [4.78, 5) is 11.1. The fourth-order valence-corrected chi connectivity index (χ4v) is 1.14. The third-order valence-corrected chi connectivity index (χ3v) is 1.98. The van der Waals surface area contributed by atoms with E-state index in [0.717, 1.165) is 0 Å². The van der Waals surface area contributed by atoms with Crippen molar-refractivity contribution in [2.24, 2.45) is 0 Å². The number of nitrogens with two attached hydrogens (primary N) is 1. The van der Waals surface area contributed by atoms with Crippen molar-refractivity contribution in [2.45, 2.75) is 6.18 Å². The monoisotopic (exact) mass is 273 g/mol. The van der Waals surface area contributed by atoms with Crippen molar-refractivity contribution in [3.05, 3.63) is 23.8 Å². The number of rotatable bonds is 4. The van der Waals surface area contributed by atoms with E-state index in [2.05, 4.69) is 0 Å². The standard InChI is InChI=1S/C11H10F3N3O2/c12-11(13,14)6-17-10(18)5-19-9-2-1-7(4-15)3-8(9)16/h1-3H,5-6,16H2,(H,17,18). The van der Waals surface area contributed by atoms with Gasteiger partial charge in [0.25, 0.3) is 5.91 Å². The van der Waals surface area contributed by atoms with Crippen molar-refractivity contribution >= 4 is 11.6 Å². The number of anilines is 1. The van der Waals surface area contributed by atoms with E-state index in [1.165, 1.54) is 18.2 Å². The zero-order valence-corrected chi connectivity index (χ0v) is 9.62. The number of halogens is 3. The number of nitrogen functional groups attached to an aromatic ring is 1. The second-order valence-corrected chi connectivity index (χ2v) is 3.54. The molecule has 3 N–H and O–H groups in total. The molecule has 19 heavy (non-hydrogen) atoms. The summed E-state index contributed by atoms with van der Waals surface area (Å²) in [5, 5.41) is 10.3. The molecule has 0 atom stereocenters. The Bertz CT molecular complexity index is 509. The summed E-state index contributed by atoms with van der Waals surface area (Å²) in [5.74, 6) is -0.790. The zero-order chi connectivity index (χ0) is 14.5. The first-order valence-electron chi connectivity index (χ1n) is 5.07. The zero-order valence-electron chi connectivity index (χ0n) is 9.62. The number of benzene rings is 1. The fourth-order valence-electron chi connectivity index (χ4n) is 1.14. The number of carbonyl (C=O) groups is 1. The smallest absolute Gasteiger partial charge is 0.405 e. The van der Waals surface area contributed by atoms with E-state index in [9.17, 15) is 18.0 Å². The number of ether oxygens (including phenoxy) is 1. The highest BCUT2D eigenvalue weighted by molar-refractivity contribution is 5.77. The Labute approximate surface area is 106 Å². The highest BCUT2D eigenvalue weighted by atomic mass is 19.4. The lowest BCUT2D eigenvalue weighted by Gasteiger charge is -2.10. The Morgan fingerprint density at radius 3 is 2.68 bits per heavy atom. The van der Waals surface area contributed by atoms with Gasteiger partial charge in [-0.1, -0.05) is 0 Å². The second kappa shape index (κ2) is 5.95. The van der Waals surface area contributed by atoms with Crippen molar-refractivity contribution in [3.63, 3.8) is 0 Å². The molecule has 0 radical (unpaired) electrons. The molecule has 0 spiro atoms. The molecule has 0 saturated heterocycles. The van der Waals surface area contributed by atoms with Crippen molar-refractivity contribution in [3.8, 4) is 11.8 Å². The first-order valence-corrected chi connectivity index (χ1v) is 5.07. The van der Waals surface area contributed by atoms with Gasteiger partial charge in [-0.25, -0.2) is 0 Å². The van der Waals surface area contributed by atoms with E-state index in [-0.39, 0.29) is 11.4 Å². The molecule has 8 heteroatoms. The predicted octanol–water partition coefficient (Wildman–Crippen LogP) is 1.20. The van der Waals surface area contributed by atoms with Crippen molar-refractivity contribution < 1.29 is 22.7 Å². The van der Waals surface area contributed by atoms with Crippen LogP contribution in [0.2, 0.25) is 0 Å². The fraction of sp³-hybridized carbons (Fsp3) is 0.273. The number of hydrogen-bond acceptors (Lipinski definition) is 4. The summed E-state index contributed by atoms with van der Waals surface area (Å²) < 4.78 is 40.4. The third-order valence-electron chi connectivity index (χ3n) is 1.98. The van der Waals surface area contributed by atoms with Crippen LogP contribution in [0.4, 0.5) is 18.9 Å². The largest absolute Gasteiger partial charge is 0.482 e. The summed E-state index contributed by atoms with van der Waals surface area (Å²) in [7, 11) is 0. The Balaban J connectivity index is 2.49. The number of nitriles is 1. The van der Waals surface area contributed by atoms with Gasteiger partial charge >= 0.3 is 6.18 Å². The van der Waals surface area contributed by atoms with Crippen LogP contribution in [0.25, 0.3) is 0 Å². The molecule has 1 aromatic rings. The van der Waals surface area contributed by atoms with Gasteiger partial charge in [0, 0.05) is 0 Å². The lowest BCUT2D eigenvalue weighted by Crippen LogP contribution is -2.36. The van der Waals surface area contributed by atoms with Crippen LogP contribution in [0.5, 0.6) is 5.75 Å². The molecular formula is C11H10F3N3O2. The molecule has 0 aliphatic heterocycles. The predicted molar refractivity (Wildman–Crippen MR) is 60.1 cm³/mol. The van der Waals surface area contributed by atoms with Crippen LogP contribution in [0.1, 0.15) is 5.56 Å². The molecule has 0 bridgehead atoms. The minimum absolute atomic E-state index is 0.126.